The van der Waals surface area contributed by atoms with E-state index in [1.54, 1.807) is 24.3 Å². The van der Waals surface area contributed by atoms with Gasteiger partial charge in [0.2, 0.25) is 6.79 Å². The molecule has 1 amide bonds. The Hall–Kier alpha value is -2.76. The number of anilines is 1. The maximum absolute atomic E-state index is 11.9. The Bertz CT molecular complexity index is 693. The first kappa shape index (κ1) is 11.3. The smallest absolute Gasteiger partial charge is 0.261 e. The van der Waals surface area contributed by atoms with E-state index in [4.69, 9.17) is 9.47 Å². The lowest BCUT2D eigenvalue weighted by Gasteiger charge is -2.05. The van der Waals surface area contributed by atoms with E-state index in [2.05, 4.69) is 10.3 Å². The lowest BCUT2D eigenvalue weighted by atomic mass is 10.2. The summed E-state index contributed by atoms with van der Waals surface area (Å²) in [7, 11) is 0. The second-order valence-corrected chi connectivity index (χ2v) is 3.94. The predicted octanol–water partition coefficient (Wildman–Crippen LogP) is 1.36. The third-order valence-corrected chi connectivity index (χ3v) is 2.69. The van der Waals surface area contributed by atoms with Gasteiger partial charge in [-0.15, -0.1) is 0 Å². The zero-order valence-corrected chi connectivity index (χ0v) is 9.80. The van der Waals surface area contributed by atoms with Gasteiger partial charge in [-0.05, 0) is 24.3 Å². The summed E-state index contributed by atoms with van der Waals surface area (Å²) < 4.78 is 10.4. The Morgan fingerprint density at radius 2 is 2.05 bits per heavy atom. The van der Waals surface area contributed by atoms with Gasteiger partial charge < -0.3 is 19.8 Å². The molecule has 1 aromatic heterocycles. The van der Waals surface area contributed by atoms with Crippen molar-refractivity contribution in [3.05, 3.63) is 52.4 Å². The van der Waals surface area contributed by atoms with Crippen molar-refractivity contribution in [3.63, 3.8) is 0 Å². The summed E-state index contributed by atoms with van der Waals surface area (Å²) >= 11 is 0. The van der Waals surface area contributed by atoms with Crippen molar-refractivity contribution in [2.24, 2.45) is 0 Å². The molecule has 6 heteroatoms. The van der Waals surface area contributed by atoms with Gasteiger partial charge in [-0.25, -0.2) is 0 Å². The van der Waals surface area contributed by atoms with Crippen LogP contribution < -0.4 is 20.3 Å². The van der Waals surface area contributed by atoms with Crippen molar-refractivity contribution in [2.45, 2.75) is 0 Å². The first-order chi connectivity index (χ1) is 9.24. The topological polar surface area (TPSA) is 80.4 Å². The number of fused-ring (bicyclic) bond motifs is 1. The van der Waals surface area contributed by atoms with Crippen LogP contribution in [0.3, 0.4) is 0 Å². The molecule has 1 aliphatic rings. The fraction of sp³-hybridized carbons (Fsp3) is 0.0769. The normalized spacial score (nSPS) is 12.2. The van der Waals surface area contributed by atoms with Crippen LogP contribution in [0.5, 0.6) is 11.5 Å². The molecule has 1 aliphatic heterocycles. The standard InChI is InChI=1S/C13H10N2O4/c16-12-9(2-1-5-14-12)13(17)15-8-3-4-10-11(6-8)19-7-18-10/h1-6H,7H2,(H,14,16)(H,15,17). The average Bonchev–Trinajstić information content (AvgIpc) is 2.86. The Morgan fingerprint density at radius 3 is 2.89 bits per heavy atom. The molecule has 2 aromatic rings. The minimum atomic E-state index is -0.472. The number of H-pyrrole nitrogens is 1. The number of rotatable bonds is 2. The van der Waals surface area contributed by atoms with Crippen molar-refractivity contribution in [1.29, 1.82) is 0 Å². The van der Waals surface area contributed by atoms with Crippen LogP contribution in [0.25, 0.3) is 0 Å². The molecule has 0 unspecified atom stereocenters. The number of carbonyl (C=O) groups excluding carboxylic acids is 1. The van der Waals surface area contributed by atoms with Gasteiger partial charge in [0.1, 0.15) is 5.56 Å². The van der Waals surface area contributed by atoms with Crippen molar-refractivity contribution in [2.75, 3.05) is 12.1 Å². The van der Waals surface area contributed by atoms with Crippen molar-refractivity contribution in [3.8, 4) is 11.5 Å². The van der Waals surface area contributed by atoms with E-state index in [1.165, 1.54) is 12.3 Å². The van der Waals surface area contributed by atoms with Gasteiger partial charge in [-0.2, -0.15) is 0 Å². The van der Waals surface area contributed by atoms with Crippen LogP contribution in [0.4, 0.5) is 5.69 Å². The molecule has 2 N–H and O–H groups in total. The van der Waals surface area contributed by atoms with Crippen LogP contribution in [0.1, 0.15) is 10.4 Å². The van der Waals surface area contributed by atoms with Crippen LogP contribution in [-0.4, -0.2) is 17.7 Å². The molecule has 2 heterocycles. The van der Waals surface area contributed by atoms with Crippen molar-refractivity contribution < 1.29 is 14.3 Å². The molecule has 19 heavy (non-hydrogen) atoms. The van der Waals surface area contributed by atoms with Gasteiger partial charge >= 0.3 is 0 Å². The lowest BCUT2D eigenvalue weighted by molar-refractivity contribution is 0.102. The lowest BCUT2D eigenvalue weighted by Crippen LogP contribution is -2.22. The summed E-state index contributed by atoms with van der Waals surface area (Å²) in [6.45, 7) is 0.172. The first-order valence-corrected chi connectivity index (χ1v) is 5.63. The molecular formula is C13H10N2O4. The molecule has 0 radical (unpaired) electrons. The third kappa shape index (κ3) is 2.15. The SMILES string of the molecule is O=C(Nc1ccc2c(c1)OCO2)c1ccc[nH]c1=O. The third-order valence-electron chi connectivity index (χ3n) is 2.69. The minimum Gasteiger partial charge on any atom is -0.454 e. The fourth-order valence-corrected chi connectivity index (χ4v) is 1.77. The number of amides is 1. The number of nitrogens with one attached hydrogen (secondary N) is 2. The van der Waals surface area contributed by atoms with E-state index in [1.807, 2.05) is 0 Å². The van der Waals surface area contributed by atoms with Crippen LogP contribution >= 0.6 is 0 Å². The van der Waals surface area contributed by atoms with Crippen LogP contribution in [0.15, 0.2) is 41.3 Å². The second-order valence-electron chi connectivity index (χ2n) is 3.94. The number of carbonyl (C=O) groups is 1. The number of hydrogen-bond donors (Lipinski definition) is 2. The molecule has 0 fully saturated rings. The highest BCUT2D eigenvalue weighted by atomic mass is 16.7. The Balaban J connectivity index is 1.84. The molecule has 0 spiro atoms. The zero-order valence-electron chi connectivity index (χ0n) is 9.80. The van der Waals surface area contributed by atoms with Gasteiger partial charge in [0.15, 0.2) is 11.5 Å². The van der Waals surface area contributed by atoms with E-state index < -0.39 is 11.5 Å². The van der Waals surface area contributed by atoms with Gasteiger partial charge in [-0.1, -0.05) is 0 Å². The maximum Gasteiger partial charge on any atom is 0.261 e. The number of benzene rings is 1. The molecule has 0 aliphatic carbocycles. The van der Waals surface area contributed by atoms with Crippen molar-refractivity contribution in [1.82, 2.24) is 4.98 Å². The number of hydrogen-bond acceptors (Lipinski definition) is 4. The quantitative estimate of drug-likeness (QED) is 0.852. The molecule has 0 saturated carbocycles. The minimum absolute atomic E-state index is 0.0557. The molecule has 3 rings (SSSR count). The summed E-state index contributed by atoms with van der Waals surface area (Å²) in [6, 6.07) is 8.09. The average molecular weight is 258 g/mol. The summed E-state index contributed by atoms with van der Waals surface area (Å²) in [5.41, 5.74) is 0.165. The van der Waals surface area contributed by atoms with E-state index in [0.717, 1.165) is 0 Å². The molecule has 0 saturated heterocycles. The summed E-state index contributed by atoms with van der Waals surface area (Å²) in [5, 5.41) is 2.63. The van der Waals surface area contributed by atoms with Gasteiger partial charge in [-0.3, -0.25) is 9.59 Å². The van der Waals surface area contributed by atoms with Crippen LogP contribution in [-0.2, 0) is 0 Å². The molecule has 96 valence electrons. The van der Waals surface area contributed by atoms with E-state index >= 15 is 0 Å². The Morgan fingerprint density at radius 1 is 1.21 bits per heavy atom. The highest BCUT2D eigenvalue weighted by Crippen LogP contribution is 2.34. The Labute approximate surface area is 108 Å². The van der Waals surface area contributed by atoms with Gasteiger partial charge in [0.25, 0.3) is 11.5 Å². The number of ether oxygens (including phenoxy) is 2. The zero-order chi connectivity index (χ0) is 13.2. The van der Waals surface area contributed by atoms with E-state index in [-0.39, 0.29) is 12.4 Å². The van der Waals surface area contributed by atoms with Gasteiger partial charge in [0.05, 0.1) is 0 Å². The highest BCUT2D eigenvalue weighted by molar-refractivity contribution is 6.04. The predicted molar refractivity (Wildman–Crippen MR) is 67.6 cm³/mol. The summed E-state index contributed by atoms with van der Waals surface area (Å²) in [4.78, 5) is 25.9. The molecular weight excluding hydrogens is 248 g/mol. The van der Waals surface area contributed by atoms with Crippen molar-refractivity contribution >= 4 is 11.6 Å². The molecule has 6 nitrogen and oxygen atoms in total. The molecule has 0 bridgehead atoms. The second kappa shape index (κ2) is 4.49. The first-order valence-electron chi connectivity index (χ1n) is 5.63. The monoisotopic (exact) mass is 258 g/mol. The fourth-order valence-electron chi connectivity index (χ4n) is 1.77. The van der Waals surface area contributed by atoms with E-state index in [9.17, 15) is 9.59 Å². The largest absolute Gasteiger partial charge is 0.454 e. The number of pyridine rings is 1. The summed E-state index contributed by atoms with van der Waals surface area (Å²) in [6.07, 6.45) is 1.47. The Kier molecular flexibility index (Phi) is 2.68. The van der Waals surface area contributed by atoms with Crippen LogP contribution in [0, 0.1) is 0 Å². The number of aromatic nitrogens is 1. The highest BCUT2D eigenvalue weighted by Gasteiger charge is 2.15. The van der Waals surface area contributed by atoms with E-state index in [0.29, 0.717) is 17.2 Å². The molecule has 1 aromatic carbocycles. The summed E-state index contributed by atoms with van der Waals surface area (Å²) in [5.74, 6) is 0.732. The molecule has 0 atom stereocenters. The maximum atomic E-state index is 11.9. The van der Waals surface area contributed by atoms with Gasteiger partial charge in [0, 0.05) is 18.0 Å². The number of aromatic amines is 1. The van der Waals surface area contributed by atoms with Crippen LogP contribution in [0.2, 0.25) is 0 Å².